The van der Waals surface area contributed by atoms with E-state index in [-0.39, 0.29) is 21.4 Å². The highest BCUT2D eigenvalue weighted by atomic mass is 35.5. The first kappa shape index (κ1) is 17.2. The molecular formula is C12H11Cl2N3O3S2. The maximum absolute atomic E-state index is 12.1. The Labute approximate surface area is 141 Å². The van der Waals surface area contributed by atoms with Crippen molar-refractivity contribution in [3.8, 4) is 0 Å². The van der Waals surface area contributed by atoms with E-state index in [9.17, 15) is 13.2 Å². The van der Waals surface area contributed by atoms with Crippen LogP contribution in [0.5, 0.6) is 0 Å². The van der Waals surface area contributed by atoms with Crippen molar-refractivity contribution < 1.29 is 13.2 Å². The highest BCUT2D eigenvalue weighted by Crippen LogP contribution is 2.24. The first-order valence-corrected chi connectivity index (χ1v) is 9.00. The third-order valence-corrected chi connectivity index (χ3v) is 5.39. The van der Waals surface area contributed by atoms with Gasteiger partial charge in [-0.15, -0.1) is 16.2 Å². The van der Waals surface area contributed by atoms with Crippen LogP contribution in [-0.4, -0.2) is 19.3 Å². The number of rotatable bonds is 5. The minimum atomic E-state index is -4.01. The highest BCUT2D eigenvalue weighted by Gasteiger charge is 2.19. The molecule has 6 nitrogen and oxygen atoms in total. The number of nitrogens with zero attached hydrogens (tertiary/aromatic N) is 1. The predicted molar refractivity (Wildman–Crippen MR) is 85.5 cm³/mol. The number of amides is 1. The van der Waals surface area contributed by atoms with E-state index in [0.717, 1.165) is 9.88 Å². The summed E-state index contributed by atoms with van der Waals surface area (Å²) in [5.41, 5.74) is 2.13. The summed E-state index contributed by atoms with van der Waals surface area (Å²) >= 11 is 12.9. The zero-order chi connectivity index (χ0) is 16.3. The molecule has 1 amide bonds. The summed E-state index contributed by atoms with van der Waals surface area (Å²) in [4.78, 5) is 18.3. The molecule has 0 saturated heterocycles. The zero-order valence-corrected chi connectivity index (χ0v) is 14.4. The molecular weight excluding hydrogens is 369 g/mol. The van der Waals surface area contributed by atoms with Crippen LogP contribution >= 0.6 is 34.5 Å². The van der Waals surface area contributed by atoms with Crippen molar-refractivity contribution in [1.29, 1.82) is 0 Å². The summed E-state index contributed by atoms with van der Waals surface area (Å²) in [6.07, 6.45) is 1.60. The van der Waals surface area contributed by atoms with Crippen LogP contribution in [0.4, 0.5) is 0 Å². The fourth-order valence-corrected chi connectivity index (χ4v) is 3.97. The van der Waals surface area contributed by atoms with Gasteiger partial charge in [0.1, 0.15) is 4.90 Å². The van der Waals surface area contributed by atoms with Gasteiger partial charge in [-0.25, -0.2) is 13.4 Å². The molecule has 0 unspecified atom stereocenters. The smallest absolute Gasteiger partial charge is 0.258 e. The van der Waals surface area contributed by atoms with Crippen LogP contribution in [0.15, 0.2) is 29.3 Å². The molecule has 0 spiro atoms. The summed E-state index contributed by atoms with van der Waals surface area (Å²) in [7, 11) is -4.01. The van der Waals surface area contributed by atoms with E-state index in [4.69, 9.17) is 23.2 Å². The molecule has 2 aromatic rings. The maximum Gasteiger partial charge on any atom is 0.258 e. The van der Waals surface area contributed by atoms with Gasteiger partial charge in [-0.2, -0.15) is 0 Å². The van der Waals surface area contributed by atoms with Gasteiger partial charge in [-0.05, 0) is 25.1 Å². The average molecular weight is 380 g/mol. The number of aryl methyl sites for hydroxylation is 1. The quantitative estimate of drug-likeness (QED) is 0.780. The first-order valence-electron chi connectivity index (χ1n) is 5.95. The van der Waals surface area contributed by atoms with Crippen molar-refractivity contribution in [3.63, 3.8) is 0 Å². The van der Waals surface area contributed by atoms with Crippen molar-refractivity contribution in [2.75, 3.05) is 0 Å². The second-order valence-electron chi connectivity index (χ2n) is 4.25. The lowest BCUT2D eigenvalue weighted by Gasteiger charge is -2.09. The number of hydrazine groups is 1. The first-order chi connectivity index (χ1) is 10.3. The van der Waals surface area contributed by atoms with Gasteiger partial charge in [-0.3, -0.25) is 10.2 Å². The van der Waals surface area contributed by atoms with E-state index < -0.39 is 15.9 Å². The lowest BCUT2D eigenvalue weighted by molar-refractivity contribution is -0.120. The number of thiazole rings is 1. The Kier molecular flexibility index (Phi) is 5.41. The molecule has 1 aromatic carbocycles. The molecule has 0 aliphatic heterocycles. The van der Waals surface area contributed by atoms with E-state index in [1.165, 1.54) is 29.5 Å². The van der Waals surface area contributed by atoms with Gasteiger partial charge in [-0.1, -0.05) is 23.2 Å². The third kappa shape index (κ3) is 4.40. The van der Waals surface area contributed by atoms with Crippen LogP contribution in [-0.2, 0) is 21.2 Å². The van der Waals surface area contributed by atoms with Gasteiger partial charge in [0.15, 0.2) is 0 Å². The number of sulfonamides is 1. The summed E-state index contributed by atoms with van der Waals surface area (Å²) in [6.45, 7) is 1.82. The van der Waals surface area contributed by atoms with Gasteiger partial charge in [0, 0.05) is 16.1 Å². The normalized spacial score (nSPS) is 11.4. The molecule has 2 rings (SSSR count). The summed E-state index contributed by atoms with van der Waals surface area (Å²) in [5.74, 6) is -0.509. The molecule has 10 heteroatoms. The number of nitrogens with one attached hydrogen (secondary N) is 2. The maximum atomic E-state index is 12.1. The van der Waals surface area contributed by atoms with Gasteiger partial charge >= 0.3 is 0 Å². The van der Waals surface area contributed by atoms with Gasteiger partial charge in [0.25, 0.3) is 10.0 Å². The van der Waals surface area contributed by atoms with Crippen molar-refractivity contribution >= 4 is 50.5 Å². The van der Waals surface area contributed by atoms with Crippen LogP contribution in [0.1, 0.15) is 9.88 Å². The Balaban J connectivity index is 2.03. The lowest BCUT2D eigenvalue weighted by atomic mass is 10.4. The number of carbonyl (C=O) groups is 1. The molecule has 0 fully saturated rings. The third-order valence-electron chi connectivity index (χ3n) is 2.51. The van der Waals surface area contributed by atoms with Crippen molar-refractivity contribution in [2.45, 2.75) is 18.2 Å². The molecule has 0 aliphatic carbocycles. The van der Waals surface area contributed by atoms with Crippen LogP contribution in [0.2, 0.25) is 10.0 Å². The number of aromatic nitrogens is 1. The van der Waals surface area contributed by atoms with Crippen LogP contribution in [0.25, 0.3) is 0 Å². The van der Waals surface area contributed by atoms with Crippen molar-refractivity contribution in [3.05, 3.63) is 44.3 Å². The average Bonchev–Trinajstić information content (AvgIpc) is 2.84. The molecule has 118 valence electrons. The Morgan fingerprint density at radius 2 is 2.09 bits per heavy atom. The SMILES string of the molecule is Cc1ncc(CC(=O)NNS(=O)(=O)c2cc(Cl)ccc2Cl)s1. The summed E-state index contributed by atoms with van der Waals surface area (Å²) in [6, 6.07) is 4.03. The Bertz CT molecular complexity index is 806. The predicted octanol–water partition coefficient (Wildman–Crippen LogP) is 2.31. The molecule has 1 heterocycles. The number of halogens is 2. The van der Waals surface area contributed by atoms with Crippen molar-refractivity contribution in [1.82, 2.24) is 15.2 Å². The summed E-state index contributed by atoms with van der Waals surface area (Å²) in [5, 5.41) is 1.05. The van der Waals surface area contributed by atoms with Crippen LogP contribution in [0, 0.1) is 6.92 Å². The van der Waals surface area contributed by atoms with E-state index in [1.54, 1.807) is 6.20 Å². The fraction of sp³-hybridized carbons (Fsp3) is 0.167. The summed E-state index contributed by atoms with van der Waals surface area (Å²) < 4.78 is 24.2. The number of hydrogen-bond acceptors (Lipinski definition) is 5. The van der Waals surface area contributed by atoms with E-state index >= 15 is 0 Å². The van der Waals surface area contributed by atoms with Gasteiger partial charge in [0.2, 0.25) is 5.91 Å². The molecule has 1 aromatic heterocycles. The standard InChI is InChI=1S/C12H11Cl2N3O3S2/c1-7-15-6-9(21-7)5-12(18)16-17-22(19,20)11-4-8(13)2-3-10(11)14/h2-4,6,17H,5H2,1H3,(H,16,18). The van der Waals surface area contributed by atoms with Gasteiger partial charge < -0.3 is 0 Å². The van der Waals surface area contributed by atoms with Gasteiger partial charge in [0.05, 0.1) is 16.5 Å². The molecule has 0 saturated carbocycles. The molecule has 2 N–H and O–H groups in total. The topological polar surface area (TPSA) is 88.2 Å². The minimum absolute atomic E-state index is 0.00392. The van der Waals surface area contributed by atoms with Crippen LogP contribution in [0.3, 0.4) is 0 Å². The van der Waals surface area contributed by atoms with E-state index in [1.807, 2.05) is 11.8 Å². The second-order valence-corrected chi connectivity index (χ2v) is 8.06. The molecule has 0 atom stereocenters. The van der Waals surface area contributed by atoms with Crippen LogP contribution < -0.4 is 10.3 Å². The Morgan fingerprint density at radius 1 is 1.36 bits per heavy atom. The van der Waals surface area contributed by atoms with Crippen molar-refractivity contribution in [2.24, 2.45) is 0 Å². The largest absolute Gasteiger partial charge is 0.277 e. The molecule has 0 bridgehead atoms. The Morgan fingerprint density at radius 3 is 2.73 bits per heavy atom. The lowest BCUT2D eigenvalue weighted by Crippen LogP contribution is -2.42. The fourth-order valence-electron chi connectivity index (χ4n) is 1.55. The Hall–Kier alpha value is -1.19. The highest BCUT2D eigenvalue weighted by molar-refractivity contribution is 7.89. The number of carbonyl (C=O) groups excluding carboxylic acids is 1. The number of hydrogen-bond donors (Lipinski definition) is 2. The van der Waals surface area contributed by atoms with E-state index in [0.29, 0.717) is 0 Å². The second kappa shape index (κ2) is 6.93. The minimum Gasteiger partial charge on any atom is -0.277 e. The monoisotopic (exact) mass is 379 g/mol. The molecule has 22 heavy (non-hydrogen) atoms. The molecule has 0 radical (unpaired) electrons. The van der Waals surface area contributed by atoms with E-state index in [2.05, 4.69) is 10.4 Å². The zero-order valence-electron chi connectivity index (χ0n) is 11.3. The number of benzene rings is 1. The molecule has 0 aliphatic rings.